The van der Waals surface area contributed by atoms with Crippen LogP contribution in [0.15, 0.2) is 107 Å². The topological polar surface area (TPSA) is 111 Å². The third-order valence-electron chi connectivity index (χ3n) is 5.62. The number of benzene rings is 4. The van der Waals surface area contributed by atoms with Crippen LogP contribution in [0.25, 0.3) is 0 Å². The molecular weight excluding hydrogens is 516 g/mol. The van der Waals surface area contributed by atoms with Gasteiger partial charge in [0, 0.05) is 11.4 Å². The second-order valence-electron chi connectivity index (χ2n) is 8.86. The van der Waals surface area contributed by atoms with E-state index in [1.54, 1.807) is 12.1 Å². The number of ether oxygens (including phenoxy) is 2. The van der Waals surface area contributed by atoms with E-state index in [2.05, 4.69) is 10.6 Å². The first-order valence-corrected chi connectivity index (χ1v) is 13.6. The Kier molecular flexibility index (Phi) is 8.63. The summed E-state index contributed by atoms with van der Waals surface area (Å²) in [6, 6.07) is 26.5. The van der Waals surface area contributed by atoms with E-state index in [1.807, 2.05) is 50.2 Å². The number of carbonyl (C=O) groups is 2. The van der Waals surface area contributed by atoms with Crippen molar-refractivity contribution in [3.63, 3.8) is 0 Å². The van der Waals surface area contributed by atoms with Crippen molar-refractivity contribution in [2.24, 2.45) is 0 Å². The van der Waals surface area contributed by atoms with Gasteiger partial charge in [-0.3, -0.25) is 9.59 Å². The standard InChI is InChI=1S/C30H28N2O6S/c1-21-5-3-7-25(17-21)37-19-29(33)31-23-9-13-27(14-10-23)39(35,36)28-15-11-24(12-16-28)32-30(34)20-38-26-8-4-6-22(2)18-26/h3-18H,19-20H2,1-2H3,(H,31,33)(H,32,34). The molecule has 0 unspecified atom stereocenters. The Hall–Kier alpha value is -4.63. The summed E-state index contributed by atoms with van der Waals surface area (Å²) in [4.78, 5) is 24.6. The summed E-state index contributed by atoms with van der Waals surface area (Å²) in [5, 5.41) is 5.37. The van der Waals surface area contributed by atoms with Crippen molar-refractivity contribution >= 4 is 33.0 Å². The summed E-state index contributed by atoms with van der Waals surface area (Å²) in [6.07, 6.45) is 0. The first-order chi connectivity index (χ1) is 18.7. The molecule has 2 N–H and O–H groups in total. The molecule has 0 heterocycles. The number of hydrogen-bond donors (Lipinski definition) is 2. The molecule has 0 fully saturated rings. The van der Waals surface area contributed by atoms with Gasteiger partial charge < -0.3 is 20.1 Å². The molecule has 0 aliphatic rings. The number of anilines is 2. The number of rotatable bonds is 10. The molecule has 8 nitrogen and oxygen atoms in total. The van der Waals surface area contributed by atoms with E-state index < -0.39 is 9.84 Å². The fourth-order valence-corrected chi connectivity index (χ4v) is 4.93. The maximum absolute atomic E-state index is 13.1. The zero-order valence-electron chi connectivity index (χ0n) is 21.5. The summed E-state index contributed by atoms with van der Waals surface area (Å²) >= 11 is 0. The number of sulfone groups is 1. The fraction of sp³-hybridized carbons (Fsp3) is 0.133. The van der Waals surface area contributed by atoms with Crippen LogP contribution in [-0.4, -0.2) is 33.4 Å². The highest BCUT2D eigenvalue weighted by atomic mass is 32.2. The van der Waals surface area contributed by atoms with Crippen LogP contribution in [0.2, 0.25) is 0 Å². The van der Waals surface area contributed by atoms with Crippen molar-refractivity contribution in [3.05, 3.63) is 108 Å². The van der Waals surface area contributed by atoms with Gasteiger partial charge >= 0.3 is 0 Å². The summed E-state index contributed by atoms with van der Waals surface area (Å²) in [6.45, 7) is 3.51. The van der Waals surface area contributed by atoms with Gasteiger partial charge in [0.15, 0.2) is 13.2 Å². The van der Waals surface area contributed by atoms with Crippen LogP contribution in [0.4, 0.5) is 11.4 Å². The van der Waals surface area contributed by atoms with Gasteiger partial charge in [-0.15, -0.1) is 0 Å². The molecule has 0 atom stereocenters. The lowest BCUT2D eigenvalue weighted by Crippen LogP contribution is -2.20. The molecule has 4 rings (SSSR count). The van der Waals surface area contributed by atoms with E-state index in [4.69, 9.17) is 9.47 Å². The monoisotopic (exact) mass is 544 g/mol. The minimum atomic E-state index is -3.80. The highest BCUT2D eigenvalue weighted by molar-refractivity contribution is 7.91. The van der Waals surface area contributed by atoms with Crippen LogP contribution in [0.5, 0.6) is 11.5 Å². The summed E-state index contributed by atoms with van der Waals surface area (Å²) < 4.78 is 37.1. The van der Waals surface area contributed by atoms with Crippen LogP contribution in [0.1, 0.15) is 11.1 Å². The van der Waals surface area contributed by atoms with Gasteiger partial charge in [0.25, 0.3) is 11.8 Å². The van der Waals surface area contributed by atoms with Gasteiger partial charge in [-0.1, -0.05) is 24.3 Å². The number of nitrogens with one attached hydrogen (secondary N) is 2. The van der Waals surface area contributed by atoms with Gasteiger partial charge in [0.1, 0.15) is 11.5 Å². The van der Waals surface area contributed by atoms with Crippen molar-refractivity contribution in [1.29, 1.82) is 0 Å². The van der Waals surface area contributed by atoms with Gasteiger partial charge in [0.05, 0.1) is 9.79 Å². The van der Waals surface area contributed by atoms with E-state index in [0.29, 0.717) is 22.9 Å². The van der Waals surface area contributed by atoms with Crippen molar-refractivity contribution in [1.82, 2.24) is 0 Å². The molecule has 0 aliphatic heterocycles. The Morgan fingerprint density at radius 1 is 0.615 bits per heavy atom. The smallest absolute Gasteiger partial charge is 0.262 e. The summed E-state index contributed by atoms with van der Waals surface area (Å²) in [7, 11) is -3.80. The van der Waals surface area contributed by atoms with Crippen LogP contribution in [0.3, 0.4) is 0 Å². The zero-order chi connectivity index (χ0) is 27.8. The number of amides is 2. The molecule has 39 heavy (non-hydrogen) atoms. The normalized spacial score (nSPS) is 10.9. The molecule has 0 bridgehead atoms. The maximum Gasteiger partial charge on any atom is 0.262 e. The Labute approximate surface area is 227 Å². The molecule has 0 radical (unpaired) electrons. The quantitative estimate of drug-likeness (QED) is 0.285. The Bertz CT molecular complexity index is 1450. The minimum Gasteiger partial charge on any atom is -0.484 e. The third-order valence-corrected chi connectivity index (χ3v) is 7.40. The largest absolute Gasteiger partial charge is 0.484 e. The Morgan fingerprint density at radius 3 is 1.36 bits per heavy atom. The van der Waals surface area contributed by atoms with E-state index in [0.717, 1.165) is 11.1 Å². The molecule has 0 saturated heterocycles. The molecule has 0 aliphatic carbocycles. The van der Waals surface area contributed by atoms with Crippen LogP contribution in [-0.2, 0) is 19.4 Å². The lowest BCUT2D eigenvalue weighted by Gasteiger charge is -2.10. The predicted octanol–water partition coefficient (Wildman–Crippen LogP) is 5.17. The Morgan fingerprint density at radius 2 is 1.00 bits per heavy atom. The number of carbonyl (C=O) groups excluding carboxylic acids is 2. The van der Waals surface area contributed by atoms with E-state index in [1.165, 1.54) is 48.5 Å². The van der Waals surface area contributed by atoms with E-state index >= 15 is 0 Å². The summed E-state index contributed by atoms with van der Waals surface area (Å²) in [5.74, 6) is 0.448. The van der Waals surface area contributed by atoms with Crippen LogP contribution in [0, 0.1) is 13.8 Å². The van der Waals surface area contributed by atoms with Crippen molar-refractivity contribution in [2.75, 3.05) is 23.8 Å². The second kappa shape index (κ2) is 12.3. The molecule has 200 valence electrons. The molecular formula is C30H28N2O6S. The fourth-order valence-electron chi connectivity index (χ4n) is 3.67. The molecule has 4 aromatic rings. The molecule has 9 heteroatoms. The molecule has 0 saturated carbocycles. The van der Waals surface area contributed by atoms with Gasteiger partial charge in [-0.25, -0.2) is 8.42 Å². The average Bonchev–Trinajstić information content (AvgIpc) is 2.91. The van der Waals surface area contributed by atoms with Gasteiger partial charge in [-0.05, 0) is 97.8 Å². The van der Waals surface area contributed by atoms with E-state index in [-0.39, 0.29) is 34.8 Å². The predicted molar refractivity (Wildman–Crippen MR) is 149 cm³/mol. The molecule has 0 spiro atoms. The first-order valence-electron chi connectivity index (χ1n) is 12.1. The maximum atomic E-state index is 13.1. The van der Waals surface area contributed by atoms with Crippen molar-refractivity contribution in [2.45, 2.75) is 23.6 Å². The minimum absolute atomic E-state index is 0.0693. The van der Waals surface area contributed by atoms with E-state index in [9.17, 15) is 18.0 Å². The third kappa shape index (κ3) is 7.68. The molecule has 2 amide bonds. The highest BCUT2D eigenvalue weighted by Crippen LogP contribution is 2.24. The highest BCUT2D eigenvalue weighted by Gasteiger charge is 2.18. The Balaban J connectivity index is 1.31. The van der Waals surface area contributed by atoms with Crippen LogP contribution < -0.4 is 20.1 Å². The van der Waals surface area contributed by atoms with Crippen LogP contribution >= 0.6 is 0 Å². The van der Waals surface area contributed by atoms with Gasteiger partial charge in [-0.2, -0.15) is 0 Å². The molecule has 0 aromatic heterocycles. The first kappa shape index (κ1) is 27.4. The van der Waals surface area contributed by atoms with Crippen molar-refractivity contribution < 1.29 is 27.5 Å². The number of hydrogen-bond acceptors (Lipinski definition) is 6. The summed E-state index contributed by atoms with van der Waals surface area (Å²) in [5.41, 5.74) is 2.93. The SMILES string of the molecule is Cc1cccc(OCC(=O)Nc2ccc(S(=O)(=O)c3ccc(NC(=O)COc4cccc(C)c4)cc3)cc2)c1. The average molecular weight is 545 g/mol. The zero-order valence-corrected chi connectivity index (χ0v) is 22.3. The van der Waals surface area contributed by atoms with Gasteiger partial charge in [0.2, 0.25) is 9.84 Å². The van der Waals surface area contributed by atoms with Crippen molar-refractivity contribution in [3.8, 4) is 11.5 Å². The second-order valence-corrected chi connectivity index (χ2v) is 10.8. The lowest BCUT2D eigenvalue weighted by atomic mass is 10.2. The lowest BCUT2D eigenvalue weighted by molar-refractivity contribution is -0.118. The number of aryl methyl sites for hydroxylation is 2. The molecule has 4 aromatic carbocycles.